The number of carboxylic acid groups (broad SMARTS) is 1. The number of piperidine rings is 1. The van der Waals surface area contributed by atoms with Crippen molar-refractivity contribution in [3.63, 3.8) is 0 Å². The Morgan fingerprint density at radius 2 is 1.79 bits per heavy atom. The highest BCUT2D eigenvalue weighted by molar-refractivity contribution is 7.90. The lowest BCUT2D eigenvalue weighted by Crippen LogP contribution is -2.53. The molecule has 1 amide bonds. The number of ether oxygens (including phenoxy) is 1. The molecule has 7 nitrogen and oxygen atoms in total. The van der Waals surface area contributed by atoms with Crippen LogP contribution in [0.25, 0.3) is 0 Å². The fourth-order valence-electron chi connectivity index (χ4n) is 4.86. The highest BCUT2D eigenvalue weighted by atomic mass is 32.2. The van der Waals surface area contributed by atoms with Crippen LogP contribution >= 0.6 is 0 Å². The van der Waals surface area contributed by atoms with Crippen molar-refractivity contribution in [2.45, 2.75) is 57.1 Å². The van der Waals surface area contributed by atoms with Gasteiger partial charge in [0.25, 0.3) is 0 Å². The molecular weight excluding hydrogens is 440 g/mol. The maximum Gasteiger partial charge on any atom is 0.407 e. The number of benzene rings is 2. The third-order valence-electron chi connectivity index (χ3n) is 6.63. The van der Waals surface area contributed by atoms with Crippen LogP contribution in [0.3, 0.4) is 0 Å². The number of sulfone groups is 1. The van der Waals surface area contributed by atoms with Gasteiger partial charge in [-0.05, 0) is 59.9 Å². The van der Waals surface area contributed by atoms with Crippen molar-refractivity contribution in [3.8, 4) is 5.75 Å². The van der Waals surface area contributed by atoms with E-state index in [1.165, 1.54) is 6.26 Å². The van der Waals surface area contributed by atoms with Crippen LogP contribution in [0.5, 0.6) is 5.75 Å². The van der Waals surface area contributed by atoms with Gasteiger partial charge in [-0.2, -0.15) is 0 Å². The van der Waals surface area contributed by atoms with E-state index >= 15 is 0 Å². The average Bonchev–Trinajstić information content (AvgIpc) is 3.16. The van der Waals surface area contributed by atoms with E-state index in [0.29, 0.717) is 24.3 Å². The van der Waals surface area contributed by atoms with E-state index in [9.17, 15) is 18.3 Å². The van der Waals surface area contributed by atoms with Crippen LogP contribution in [0.1, 0.15) is 39.2 Å². The fraction of sp³-hybridized carbons (Fsp3) is 0.480. The Hall–Kier alpha value is -2.74. The van der Waals surface area contributed by atoms with E-state index in [2.05, 4.69) is 25.7 Å². The van der Waals surface area contributed by atoms with Gasteiger partial charge in [0, 0.05) is 49.6 Å². The first-order chi connectivity index (χ1) is 15.4. The van der Waals surface area contributed by atoms with Gasteiger partial charge in [-0.3, -0.25) is 0 Å². The van der Waals surface area contributed by atoms with Crippen molar-refractivity contribution in [1.29, 1.82) is 0 Å². The van der Waals surface area contributed by atoms with Gasteiger partial charge in [-0.15, -0.1) is 0 Å². The number of likely N-dealkylation sites (tertiary alicyclic amines) is 1. The lowest BCUT2D eigenvalue weighted by Gasteiger charge is -2.44. The maximum absolute atomic E-state index is 11.9. The van der Waals surface area contributed by atoms with Crippen LogP contribution < -0.4 is 9.64 Å². The molecule has 2 aromatic rings. The van der Waals surface area contributed by atoms with Crippen molar-refractivity contribution in [3.05, 3.63) is 48.0 Å². The first-order valence-corrected chi connectivity index (χ1v) is 13.2. The molecule has 1 saturated heterocycles. The second-order valence-electron chi connectivity index (χ2n) is 10.1. The van der Waals surface area contributed by atoms with Gasteiger partial charge >= 0.3 is 6.09 Å². The molecule has 0 aliphatic carbocycles. The maximum atomic E-state index is 11.9. The van der Waals surface area contributed by atoms with E-state index in [4.69, 9.17) is 4.74 Å². The number of nitrogens with zero attached hydrogens (tertiary/aromatic N) is 2. The molecule has 2 aliphatic rings. The van der Waals surface area contributed by atoms with Gasteiger partial charge in [0.15, 0.2) is 9.84 Å². The molecule has 1 N–H and O–H groups in total. The minimum absolute atomic E-state index is 0.0300. The van der Waals surface area contributed by atoms with Crippen molar-refractivity contribution in [2.75, 3.05) is 24.2 Å². The van der Waals surface area contributed by atoms with Gasteiger partial charge < -0.3 is 19.6 Å². The summed E-state index contributed by atoms with van der Waals surface area (Å²) >= 11 is 0. The predicted octanol–water partition coefficient (Wildman–Crippen LogP) is 4.72. The number of anilines is 2. The van der Waals surface area contributed by atoms with Gasteiger partial charge in [0.1, 0.15) is 11.9 Å². The smallest absolute Gasteiger partial charge is 0.407 e. The van der Waals surface area contributed by atoms with Crippen molar-refractivity contribution in [1.82, 2.24) is 4.90 Å². The fourth-order valence-corrected chi connectivity index (χ4v) is 5.54. The molecule has 2 unspecified atom stereocenters. The minimum atomic E-state index is -3.22. The van der Waals surface area contributed by atoms with Crippen LogP contribution in [-0.2, 0) is 16.3 Å². The summed E-state index contributed by atoms with van der Waals surface area (Å²) in [5, 5.41) is 9.56. The topological polar surface area (TPSA) is 87.2 Å². The van der Waals surface area contributed by atoms with E-state index in [0.717, 1.165) is 35.7 Å². The zero-order chi connectivity index (χ0) is 24.0. The molecule has 8 heteroatoms. The van der Waals surface area contributed by atoms with E-state index in [1.807, 2.05) is 30.3 Å². The Morgan fingerprint density at radius 3 is 2.39 bits per heavy atom. The zero-order valence-corrected chi connectivity index (χ0v) is 20.4. The molecule has 0 aromatic heterocycles. The molecule has 2 aliphatic heterocycles. The van der Waals surface area contributed by atoms with Gasteiger partial charge in [-0.25, -0.2) is 13.2 Å². The Kier molecular flexibility index (Phi) is 6.07. The molecule has 0 bridgehead atoms. The molecule has 0 radical (unpaired) electrons. The highest BCUT2D eigenvalue weighted by Crippen LogP contribution is 2.37. The van der Waals surface area contributed by atoms with Crippen LogP contribution in [-0.4, -0.2) is 56.0 Å². The number of amides is 1. The third kappa shape index (κ3) is 4.95. The largest absolute Gasteiger partial charge is 0.490 e. The second kappa shape index (κ2) is 8.56. The van der Waals surface area contributed by atoms with Crippen LogP contribution in [0.4, 0.5) is 16.2 Å². The second-order valence-corrected chi connectivity index (χ2v) is 12.1. The van der Waals surface area contributed by atoms with Gasteiger partial charge in [0.05, 0.1) is 4.90 Å². The molecular formula is C25H32N2O5S. The highest BCUT2D eigenvalue weighted by Gasteiger charge is 2.39. The van der Waals surface area contributed by atoms with Crippen molar-refractivity contribution >= 4 is 27.3 Å². The molecule has 0 spiro atoms. The standard InChI is InChI=1S/C25H32N2O5S/c1-25(2,3)23-16-20(12-14-27(23)24(28)29)32-19-7-5-18(6-8-19)26-13-11-17-15-21(33(4,30)31)9-10-22(17)26/h5-10,15,20,23H,11-14,16H2,1-4H3,(H,28,29). The van der Waals surface area contributed by atoms with Crippen LogP contribution in [0, 0.1) is 5.41 Å². The first-order valence-electron chi connectivity index (χ1n) is 11.3. The normalized spacial score (nSPS) is 21.1. The van der Waals surface area contributed by atoms with Crippen LogP contribution in [0.15, 0.2) is 47.4 Å². The molecule has 2 heterocycles. The monoisotopic (exact) mass is 472 g/mol. The zero-order valence-electron chi connectivity index (χ0n) is 19.6. The lowest BCUT2D eigenvalue weighted by atomic mass is 9.80. The van der Waals surface area contributed by atoms with E-state index < -0.39 is 15.9 Å². The van der Waals surface area contributed by atoms with Crippen molar-refractivity contribution < 1.29 is 23.1 Å². The summed E-state index contributed by atoms with van der Waals surface area (Å²) in [5.74, 6) is 0.770. The number of hydrogen-bond acceptors (Lipinski definition) is 5. The van der Waals surface area contributed by atoms with Crippen LogP contribution in [0.2, 0.25) is 0 Å². The summed E-state index contributed by atoms with van der Waals surface area (Å²) in [7, 11) is -3.22. The quantitative estimate of drug-likeness (QED) is 0.693. The summed E-state index contributed by atoms with van der Waals surface area (Å²) < 4.78 is 29.9. The van der Waals surface area contributed by atoms with Gasteiger partial charge in [-0.1, -0.05) is 20.8 Å². The summed E-state index contributed by atoms with van der Waals surface area (Å²) in [4.78, 5) is 15.7. The summed E-state index contributed by atoms with van der Waals surface area (Å²) in [6, 6.07) is 13.2. The summed E-state index contributed by atoms with van der Waals surface area (Å²) in [6.45, 7) is 7.47. The first kappa shape index (κ1) is 23.4. The number of fused-ring (bicyclic) bond motifs is 1. The Labute approximate surface area is 195 Å². The summed E-state index contributed by atoms with van der Waals surface area (Å²) in [5.41, 5.74) is 2.94. The Bertz CT molecular complexity index is 1140. The Morgan fingerprint density at radius 1 is 1.09 bits per heavy atom. The van der Waals surface area contributed by atoms with E-state index in [1.54, 1.807) is 17.0 Å². The van der Waals surface area contributed by atoms with E-state index in [-0.39, 0.29) is 17.6 Å². The average molecular weight is 473 g/mol. The molecule has 33 heavy (non-hydrogen) atoms. The lowest BCUT2D eigenvalue weighted by molar-refractivity contribution is 0.0130. The number of rotatable bonds is 4. The molecule has 2 atom stereocenters. The number of carbonyl (C=O) groups is 1. The predicted molar refractivity (Wildman–Crippen MR) is 128 cm³/mol. The molecule has 1 fully saturated rings. The van der Waals surface area contributed by atoms with Gasteiger partial charge in [0.2, 0.25) is 0 Å². The summed E-state index contributed by atoms with van der Waals surface area (Å²) in [6.07, 6.45) is 2.47. The molecule has 4 rings (SSSR count). The number of hydrogen-bond donors (Lipinski definition) is 1. The molecule has 178 valence electrons. The third-order valence-corrected chi connectivity index (χ3v) is 7.74. The minimum Gasteiger partial charge on any atom is -0.490 e. The SMILES string of the molecule is CC(C)(C)C1CC(Oc2ccc(N3CCc4cc(S(C)(=O)=O)ccc43)cc2)CCN1C(=O)O. The van der Waals surface area contributed by atoms with Crippen molar-refractivity contribution in [2.24, 2.45) is 5.41 Å². The Balaban J connectivity index is 1.46. The molecule has 0 saturated carbocycles. The molecule has 2 aromatic carbocycles.